The summed E-state index contributed by atoms with van der Waals surface area (Å²) in [6, 6.07) is -0.143. The van der Waals surface area contributed by atoms with Gasteiger partial charge in [-0.3, -0.25) is 0 Å². The fourth-order valence-corrected chi connectivity index (χ4v) is 3.14. The van der Waals surface area contributed by atoms with E-state index in [-0.39, 0.29) is 23.0 Å². The van der Waals surface area contributed by atoms with Crippen molar-refractivity contribution in [3.8, 4) is 0 Å². The minimum absolute atomic E-state index is 0.00261. The van der Waals surface area contributed by atoms with Crippen LogP contribution >= 0.6 is 0 Å². The average Bonchev–Trinajstić information content (AvgIpc) is 2.32. The van der Waals surface area contributed by atoms with Crippen LogP contribution in [0.25, 0.3) is 0 Å². The molecule has 0 aliphatic heterocycles. The quantitative estimate of drug-likeness (QED) is 0.691. The highest BCUT2D eigenvalue weighted by Crippen LogP contribution is 2.20. The van der Waals surface area contributed by atoms with Crippen LogP contribution in [-0.4, -0.2) is 35.6 Å². The normalized spacial score (nSPS) is 24.9. The van der Waals surface area contributed by atoms with Gasteiger partial charge in [0.1, 0.15) is 4.90 Å². The smallest absolute Gasteiger partial charge is 0.243 e. The molecule has 2 rings (SSSR count). The summed E-state index contributed by atoms with van der Waals surface area (Å²) in [5, 5.41) is 9.36. The largest absolute Gasteiger partial charge is 0.393 e. The van der Waals surface area contributed by atoms with Crippen molar-refractivity contribution < 1.29 is 13.5 Å². The van der Waals surface area contributed by atoms with E-state index in [9.17, 15) is 13.5 Å². The summed E-state index contributed by atoms with van der Waals surface area (Å²) in [5.74, 6) is 0.0368. The van der Waals surface area contributed by atoms with E-state index in [2.05, 4.69) is 14.7 Å². The molecule has 0 bridgehead atoms. The fraction of sp³-hybridized carbons (Fsp3) is 0.600. The van der Waals surface area contributed by atoms with E-state index in [0.29, 0.717) is 25.7 Å². The maximum atomic E-state index is 12.0. The monoisotopic (exact) mass is 272 g/mol. The third-order valence-corrected chi connectivity index (χ3v) is 4.45. The number of sulfonamides is 1. The van der Waals surface area contributed by atoms with Crippen molar-refractivity contribution >= 4 is 16.0 Å². The number of nitrogen functional groups attached to an aromatic ring is 1. The van der Waals surface area contributed by atoms with Crippen LogP contribution in [0.2, 0.25) is 0 Å². The summed E-state index contributed by atoms with van der Waals surface area (Å²) in [4.78, 5) is 7.32. The molecule has 4 N–H and O–H groups in total. The molecular formula is C10H16N4O3S. The van der Waals surface area contributed by atoms with Gasteiger partial charge in [0.2, 0.25) is 16.0 Å². The fourth-order valence-electron chi connectivity index (χ4n) is 1.95. The van der Waals surface area contributed by atoms with E-state index in [1.807, 2.05) is 0 Å². The number of aliphatic hydroxyl groups is 1. The molecule has 1 aliphatic carbocycles. The molecule has 0 spiro atoms. The molecule has 0 unspecified atom stereocenters. The van der Waals surface area contributed by atoms with Gasteiger partial charge in [-0.1, -0.05) is 0 Å². The first kappa shape index (κ1) is 13.2. The molecule has 7 nitrogen and oxygen atoms in total. The van der Waals surface area contributed by atoms with Crippen molar-refractivity contribution in [1.82, 2.24) is 14.7 Å². The number of nitrogens with one attached hydrogen (secondary N) is 1. The summed E-state index contributed by atoms with van der Waals surface area (Å²) >= 11 is 0. The van der Waals surface area contributed by atoms with Crippen molar-refractivity contribution in [1.29, 1.82) is 0 Å². The molecule has 18 heavy (non-hydrogen) atoms. The van der Waals surface area contributed by atoms with Gasteiger partial charge >= 0.3 is 0 Å². The number of aromatic nitrogens is 2. The molecule has 1 aliphatic rings. The van der Waals surface area contributed by atoms with Crippen LogP contribution in [-0.2, 0) is 10.0 Å². The number of nitrogens with zero attached hydrogens (tertiary/aromatic N) is 2. The van der Waals surface area contributed by atoms with Crippen molar-refractivity contribution in [3.63, 3.8) is 0 Å². The molecule has 0 amide bonds. The second kappa shape index (κ2) is 5.17. The highest BCUT2D eigenvalue weighted by molar-refractivity contribution is 7.89. The lowest BCUT2D eigenvalue weighted by atomic mass is 9.94. The predicted octanol–water partition coefficient (Wildman–Crippen LogP) is -0.359. The summed E-state index contributed by atoms with van der Waals surface area (Å²) in [6.07, 6.45) is 4.55. The van der Waals surface area contributed by atoms with Gasteiger partial charge in [-0.05, 0) is 25.7 Å². The van der Waals surface area contributed by atoms with Gasteiger partial charge < -0.3 is 10.8 Å². The average molecular weight is 272 g/mol. The SMILES string of the molecule is Nc1ncc(S(=O)(=O)NC2CCC(O)CC2)cn1. The van der Waals surface area contributed by atoms with E-state index in [0.717, 1.165) is 0 Å². The first-order chi connectivity index (χ1) is 8.47. The Labute approximate surface area is 105 Å². The number of nitrogens with two attached hydrogens (primary N) is 1. The van der Waals surface area contributed by atoms with Crippen molar-refractivity contribution in [2.75, 3.05) is 5.73 Å². The Morgan fingerprint density at radius 3 is 2.33 bits per heavy atom. The molecule has 1 aromatic heterocycles. The molecule has 1 aromatic rings. The molecule has 1 heterocycles. The van der Waals surface area contributed by atoms with Crippen LogP contribution < -0.4 is 10.5 Å². The molecule has 100 valence electrons. The lowest BCUT2D eigenvalue weighted by Gasteiger charge is -2.25. The maximum Gasteiger partial charge on any atom is 0.243 e. The van der Waals surface area contributed by atoms with Crippen LogP contribution in [0.15, 0.2) is 17.3 Å². The van der Waals surface area contributed by atoms with Gasteiger partial charge in [-0.15, -0.1) is 0 Å². The molecule has 8 heteroatoms. The highest BCUT2D eigenvalue weighted by atomic mass is 32.2. The summed E-state index contributed by atoms with van der Waals surface area (Å²) < 4.78 is 26.6. The second-order valence-corrected chi connectivity index (χ2v) is 6.12. The molecular weight excluding hydrogens is 256 g/mol. The molecule has 0 saturated heterocycles. The Balaban J connectivity index is 2.05. The number of aliphatic hydroxyl groups excluding tert-OH is 1. The number of hydrogen-bond acceptors (Lipinski definition) is 6. The summed E-state index contributed by atoms with van der Waals surface area (Å²) in [6.45, 7) is 0. The van der Waals surface area contributed by atoms with Crippen LogP contribution in [0, 0.1) is 0 Å². The Morgan fingerprint density at radius 2 is 1.78 bits per heavy atom. The highest BCUT2D eigenvalue weighted by Gasteiger charge is 2.25. The minimum Gasteiger partial charge on any atom is -0.393 e. The van der Waals surface area contributed by atoms with E-state index >= 15 is 0 Å². The Kier molecular flexibility index (Phi) is 3.79. The Hall–Kier alpha value is -1.25. The van der Waals surface area contributed by atoms with E-state index in [4.69, 9.17) is 5.73 Å². The second-order valence-electron chi connectivity index (χ2n) is 4.40. The Bertz CT molecular complexity index is 494. The summed E-state index contributed by atoms with van der Waals surface area (Å²) in [5.41, 5.74) is 5.30. The van der Waals surface area contributed by atoms with Crippen molar-refractivity contribution in [2.45, 2.75) is 42.7 Å². The maximum absolute atomic E-state index is 12.0. The lowest BCUT2D eigenvalue weighted by molar-refractivity contribution is 0.120. The van der Waals surface area contributed by atoms with Crippen LogP contribution in [0.4, 0.5) is 5.95 Å². The zero-order chi connectivity index (χ0) is 13.2. The zero-order valence-electron chi connectivity index (χ0n) is 9.78. The summed E-state index contributed by atoms with van der Waals surface area (Å²) in [7, 11) is -3.61. The van der Waals surface area contributed by atoms with Gasteiger partial charge in [-0.25, -0.2) is 23.1 Å². The van der Waals surface area contributed by atoms with Crippen LogP contribution in [0.3, 0.4) is 0 Å². The minimum atomic E-state index is -3.61. The van der Waals surface area contributed by atoms with Gasteiger partial charge in [0.25, 0.3) is 0 Å². The Morgan fingerprint density at radius 1 is 1.22 bits per heavy atom. The van der Waals surface area contributed by atoms with Gasteiger partial charge in [0.15, 0.2) is 0 Å². The first-order valence-electron chi connectivity index (χ1n) is 5.75. The third kappa shape index (κ3) is 3.15. The van der Waals surface area contributed by atoms with Crippen molar-refractivity contribution in [3.05, 3.63) is 12.4 Å². The molecule has 0 atom stereocenters. The van der Waals surface area contributed by atoms with E-state index in [1.54, 1.807) is 0 Å². The van der Waals surface area contributed by atoms with Gasteiger partial charge in [0.05, 0.1) is 18.5 Å². The topological polar surface area (TPSA) is 118 Å². The third-order valence-electron chi connectivity index (χ3n) is 2.98. The lowest BCUT2D eigenvalue weighted by Crippen LogP contribution is -2.38. The zero-order valence-corrected chi connectivity index (χ0v) is 10.6. The number of hydrogen-bond donors (Lipinski definition) is 3. The van der Waals surface area contributed by atoms with Crippen LogP contribution in [0.5, 0.6) is 0 Å². The standard InChI is InChI=1S/C10H16N4O3S/c11-10-12-5-9(6-13-10)18(16,17)14-7-1-3-8(15)4-2-7/h5-8,14-15H,1-4H2,(H2,11,12,13). The predicted molar refractivity (Wildman–Crippen MR) is 65.0 cm³/mol. The van der Waals surface area contributed by atoms with E-state index in [1.165, 1.54) is 12.4 Å². The van der Waals surface area contributed by atoms with Crippen LogP contribution in [0.1, 0.15) is 25.7 Å². The van der Waals surface area contributed by atoms with Gasteiger partial charge in [-0.2, -0.15) is 0 Å². The molecule has 1 fully saturated rings. The van der Waals surface area contributed by atoms with Crippen molar-refractivity contribution in [2.24, 2.45) is 0 Å². The molecule has 0 radical (unpaired) electrons. The molecule has 0 aromatic carbocycles. The van der Waals surface area contributed by atoms with Gasteiger partial charge in [0, 0.05) is 6.04 Å². The first-order valence-corrected chi connectivity index (χ1v) is 7.23. The number of rotatable bonds is 3. The van der Waals surface area contributed by atoms with E-state index < -0.39 is 10.0 Å². The molecule has 1 saturated carbocycles. The number of anilines is 1.